The largest absolute Gasteiger partial charge is 0.464 e. The van der Waals surface area contributed by atoms with Crippen molar-refractivity contribution in [2.24, 2.45) is 0 Å². The van der Waals surface area contributed by atoms with Gasteiger partial charge in [0.2, 0.25) is 6.29 Å². The molecule has 0 bridgehead atoms. The van der Waals surface area contributed by atoms with Crippen LogP contribution in [0.1, 0.15) is 19.4 Å². The Morgan fingerprint density at radius 1 is 1.55 bits per heavy atom. The summed E-state index contributed by atoms with van der Waals surface area (Å²) in [5.74, 6) is 0.630. The molecule has 0 aliphatic carbocycles. The van der Waals surface area contributed by atoms with E-state index in [0.29, 0.717) is 12.4 Å². The third kappa shape index (κ3) is 2.95. The Balaban J connectivity index is 2.30. The van der Waals surface area contributed by atoms with Crippen molar-refractivity contribution in [2.75, 3.05) is 11.3 Å². The number of nitrogens with one attached hydrogen (secondary N) is 1. The van der Waals surface area contributed by atoms with Gasteiger partial charge in [0.15, 0.2) is 0 Å². The predicted molar refractivity (Wildman–Crippen MR) is 75.2 cm³/mol. The van der Waals surface area contributed by atoms with Crippen LogP contribution in [0.15, 0.2) is 30.9 Å². The maximum absolute atomic E-state index is 10.8. The van der Waals surface area contributed by atoms with Crippen LogP contribution in [-0.4, -0.2) is 25.9 Å². The number of benzene rings is 1. The van der Waals surface area contributed by atoms with Gasteiger partial charge in [-0.2, -0.15) is 8.42 Å². The Morgan fingerprint density at radius 2 is 2.25 bits per heavy atom. The molecular formula is C13H17NO5S. The van der Waals surface area contributed by atoms with E-state index in [1.54, 1.807) is 18.2 Å². The van der Waals surface area contributed by atoms with E-state index in [-0.39, 0.29) is 5.69 Å². The fourth-order valence-electron chi connectivity index (χ4n) is 2.14. The molecule has 1 aliphatic heterocycles. The van der Waals surface area contributed by atoms with E-state index in [1.165, 1.54) is 6.07 Å². The summed E-state index contributed by atoms with van der Waals surface area (Å²) in [6.07, 6.45) is 1.16. The summed E-state index contributed by atoms with van der Waals surface area (Å²) in [6, 6.07) is 4.78. The van der Waals surface area contributed by atoms with Crippen molar-refractivity contribution in [3.05, 3.63) is 36.4 Å². The summed E-state index contributed by atoms with van der Waals surface area (Å²) >= 11 is 0. The fraction of sp³-hybridized carbons (Fsp3) is 0.385. The molecule has 1 aromatic carbocycles. The first-order valence-electron chi connectivity index (χ1n) is 6.03. The van der Waals surface area contributed by atoms with Crippen molar-refractivity contribution in [3.8, 4) is 5.75 Å². The Morgan fingerprint density at radius 3 is 2.85 bits per heavy atom. The van der Waals surface area contributed by atoms with E-state index in [4.69, 9.17) is 14.0 Å². The third-order valence-electron chi connectivity index (χ3n) is 3.11. The number of hydrogen-bond acceptors (Lipinski definition) is 4. The van der Waals surface area contributed by atoms with Gasteiger partial charge >= 0.3 is 10.3 Å². The minimum atomic E-state index is -4.29. The third-order valence-corrected chi connectivity index (χ3v) is 3.60. The van der Waals surface area contributed by atoms with Crippen molar-refractivity contribution in [1.29, 1.82) is 0 Å². The Kier molecular flexibility index (Phi) is 3.77. The van der Waals surface area contributed by atoms with Crippen LogP contribution in [-0.2, 0) is 20.5 Å². The summed E-state index contributed by atoms with van der Waals surface area (Å²) in [5, 5.41) is 0. The molecule has 0 amide bonds. The van der Waals surface area contributed by atoms with E-state index in [2.05, 4.69) is 6.58 Å². The highest BCUT2D eigenvalue weighted by molar-refractivity contribution is 7.87. The normalized spacial score (nSPS) is 20.1. The van der Waals surface area contributed by atoms with E-state index in [9.17, 15) is 8.42 Å². The molecule has 1 atom stereocenters. The lowest BCUT2D eigenvalue weighted by Crippen LogP contribution is -2.34. The maximum Gasteiger partial charge on any atom is 0.357 e. The first-order chi connectivity index (χ1) is 9.24. The van der Waals surface area contributed by atoms with Crippen LogP contribution >= 0.6 is 0 Å². The van der Waals surface area contributed by atoms with Gasteiger partial charge in [-0.05, 0) is 32.0 Å². The molecule has 1 aliphatic rings. The number of fused-ring (bicyclic) bond motifs is 1. The molecule has 0 aromatic heterocycles. The highest BCUT2D eigenvalue weighted by atomic mass is 32.2. The molecule has 1 unspecified atom stereocenters. The Bertz CT molecular complexity index is 624. The Hall–Kier alpha value is -1.57. The summed E-state index contributed by atoms with van der Waals surface area (Å²) in [7, 11) is -4.29. The lowest BCUT2D eigenvalue weighted by atomic mass is 9.85. The molecule has 7 heteroatoms. The van der Waals surface area contributed by atoms with Crippen molar-refractivity contribution >= 4 is 16.0 Å². The number of ether oxygens (including phenoxy) is 2. The zero-order valence-electron chi connectivity index (χ0n) is 11.3. The van der Waals surface area contributed by atoms with E-state index in [1.807, 2.05) is 18.6 Å². The topological polar surface area (TPSA) is 84.9 Å². The van der Waals surface area contributed by atoms with Crippen LogP contribution in [0.2, 0.25) is 0 Å². The molecule has 0 saturated heterocycles. The predicted octanol–water partition coefficient (Wildman–Crippen LogP) is 2.10. The molecule has 20 heavy (non-hydrogen) atoms. The van der Waals surface area contributed by atoms with Crippen LogP contribution in [0.3, 0.4) is 0 Å². The van der Waals surface area contributed by atoms with Gasteiger partial charge in [-0.3, -0.25) is 9.27 Å². The Labute approximate surface area is 118 Å². The molecule has 110 valence electrons. The van der Waals surface area contributed by atoms with Crippen LogP contribution in [0.4, 0.5) is 5.69 Å². The number of hydrogen-bond donors (Lipinski definition) is 2. The molecule has 2 rings (SSSR count). The van der Waals surface area contributed by atoms with E-state index in [0.717, 1.165) is 5.56 Å². The quantitative estimate of drug-likeness (QED) is 0.642. The van der Waals surface area contributed by atoms with E-state index >= 15 is 0 Å². The average Bonchev–Trinajstić information content (AvgIpc) is 2.57. The summed E-state index contributed by atoms with van der Waals surface area (Å²) < 4.78 is 43.8. The zero-order valence-corrected chi connectivity index (χ0v) is 12.1. The summed E-state index contributed by atoms with van der Waals surface area (Å²) in [6.45, 7) is 7.82. The second-order valence-corrected chi connectivity index (χ2v) is 6.24. The van der Waals surface area contributed by atoms with Crippen molar-refractivity contribution in [1.82, 2.24) is 0 Å². The minimum absolute atomic E-state index is 0.271. The monoisotopic (exact) mass is 299 g/mol. The molecule has 2 N–H and O–H groups in total. The molecule has 0 spiro atoms. The van der Waals surface area contributed by atoms with Gasteiger partial charge in [0.05, 0.1) is 17.7 Å². The number of rotatable bonds is 5. The van der Waals surface area contributed by atoms with E-state index < -0.39 is 22.0 Å². The highest BCUT2D eigenvalue weighted by Crippen LogP contribution is 2.44. The standard InChI is InChI=1S/C13H17NO5S/c1-4-7-18-12-13(2,3)10-8-9(14-20(15,16)17)5-6-11(10)19-12/h4-6,8,12,14H,1,7H2,2-3H3,(H,15,16,17). The molecule has 0 radical (unpaired) electrons. The SMILES string of the molecule is C=CCOC1Oc2ccc(NS(=O)(=O)O)cc2C1(C)C. The first kappa shape index (κ1) is 14.8. The molecule has 6 nitrogen and oxygen atoms in total. The molecule has 0 fully saturated rings. The highest BCUT2D eigenvalue weighted by Gasteiger charge is 2.42. The summed E-state index contributed by atoms with van der Waals surface area (Å²) in [5.41, 5.74) is 0.627. The van der Waals surface area contributed by atoms with Crippen LogP contribution < -0.4 is 9.46 Å². The lowest BCUT2D eigenvalue weighted by molar-refractivity contribution is -0.0925. The molecule has 1 heterocycles. The maximum atomic E-state index is 10.8. The van der Waals surface area contributed by atoms with Gasteiger partial charge in [0.25, 0.3) is 0 Å². The van der Waals surface area contributed by atoms with Gasteiger partial charge in [0.1, 0.15) is 5.75 Å². The van der Waals surface area contributed by atoms with Crippen LogP contribution in [0.25, 0.3) is 0 Å². The smallest absolute Gasteiger partial charge is 0.357 e. The van der Waals surface area contributed by atoms with Crippen molar-refractivity contribution in [2.45, 2.75) is 25.6 Å². The van der Waals surface area contributed by atoms with Crippen LogP contribution in [0.5, 0.6) is 5.75 Å². The molecular weight excluding hydrogens is 282 g/mol. The zero-order chi connectivity index (χ0) is 15.0. The molecule has 0 saturated carbocycles. The van der Waals surface area contributed by atoms with Gasteiger partial charge in [-0.25, -0.2) is 0 Å². The average molecular weight is 299 g/mol. The second-order valence-electron chi connectivity index (χ2n) is 5.08. The second kappa shape index (κ2) is 5.08. The minimum Gasteiger partial charge on any atom is -0.464 e. The lowest BCUT2D eigenvalue weighted by Gasteiger charge is -2.25. The van der Waals surface area contributed by atoms with Crippen molar-refractivity contribution in [3.63, 3.8) is 0 Å². The molecule has 1 aromatic rings. The van der Waals surface area contributed by atoms with Gasteiger partial charge in [-0.1, -0.05) is 6.08 Å². The fourth-order valence-corrected chi connectivity index (χ4v) is 2.56. The van der Waals surface area contributed by atoms with Crippen molar-refractivity contribution < 1.29 is 22.4 Å². The van der Waals surface area contributed by atoms with Crippen LogP contribution in [0, 0.1) is 0 Å². The number of anilines is 1. The van der Waals surface area contributed by atoms with Gasteiger partial charge in [0, 0.05) is 5.56 Å². The first-order valence-corrected chi connectivity index (χ1v) is 7.47. The van der Waals surface area contributed by atoms with Gasteiger partial charge < -0.3 is 9.47 Å². The van der Waals surface area contributed by atoms with Gasteiger partial charge in [-0.15, -0.1) is 6.58 Å². The summed E-state index contributed by atoms with van der Waals surface area (Å²) in [4.78, 5) is 0.